The minimum Gasteiger partial charge on any atom is -0.437 e. The second-order valence-corrected chi connectivity index (χ2v) is 25.4. The number of hydrogen-bond donors (Lipinski definition) is 1. The molecule has 0 aliphatic carbocycles. The van der Waals surface area contributed by atoms with Gasteiger partial charge in [0.05, 0.1) is 0 Å². The maximum atomic E-state index is 6.66. The average molecular weight is 396 g/mol. The third-order valence-corrected chi connectivity index (χ3v) is 16.5. The standard InChI is InChI=1S/C15H41NO3Si4/c1-11-13-16-14-12-15-23(10,18-21(5,6)7)19-22(8,9)17-20(2,3)4/h16H,11-15H2,1-10H3. The molecule has 0 bridgehead atoms. The van der Waals surface area contributed by atoms with Crippen LogP contribution in [0.3, 0.4) is 0 Å². The lowest BCUT2D eigenvalue weighted by atomic mass is 10.4. The molecule has 0 aromatic heterocycles. The first-order valence-electron chi connectivity index (χ1n) is 8.99. The van der Waals surface area contributed by atoms with Crippen LogP contribution in [-0.2, 0) is 12.3 Å². The fraction of sp³-hybridized carbons (Fsp3) is 1.00. The van der Waals surface area contributed by atoms with Crippen molar-refractivity contribution in [3.05, 3.63) is 0 Å². The van der Waals surface area contributed by atoms with Crippen molar-refractivity contribution in [2.24, 2.45) is 0 Å². The van der Waals surface area contributed by atoms with Crippen LogP contribution in [0.5, 0.6) is 0 Å². The zero-order chi connectivity index (χ0) is 18.4. The molecule has 0 rings (SSSR count). The maximum Gasteiger partial charge on any atom is 0.315 e. The van der Waals surface area contributed by atoms with Crippen molar-refractivity contribution in [2.45, 2.75) is 84.7 Å². The van der Waals surface area contributed by atoms with E-state index in [2.05, 4.69) is 71.2 Å². The Bertz CT molecular complexity index is 343. The third-order valence-electron chi connectivity index (χ3n) is 2.95. The van der Waals surface area contributed by atoms with Crippen LogP contribution in [0.2, 0.25) is 65.0 Å². The van der Waals surface area contributed by atoms with Crippen LogP contribution < -0.4 is 5.32 Å². The molecule has 0 aliphatic rings. The van der Waals surface area contributed by atoms with Crippen LogP contribution in [-0.4, -0.2) is 46.8 Å². The van der Waals surface area contributed by atoms with Gasteiger partial charge in [-0.1, -0.05) is 6.92 Å². The largest absolute Gasteiger partial charge is 0.437 e. The van der Waals surface area contributed by atoms with Gasteiger partial charge < -0.3 is 17.7 Å². The summed E-state index contributed by atoms with van der Waals surface area (Å²) in [5.74, 6) is 0. The van der Waals surface area contributed by atoms with E-state index in [1.165, 1.54) is 6.42 Å². The van der Waals surface area contributed by atoms with Crippen LogP contribution >= 0.6 is 0 Å². The monoisotopic (exact) mass is 395 g/mol. The molecular weight excluding hydrogens is 355 g/mol. The van der Waals surface area contributed by atoms with E-state index in [-0.39, 0.29) is 0 Å². The first-order chi connectivity index (χ1) is 10.2. The van der Waals surface area contributed by atoms with E-state index in [1.54, 1.807) is 0 Å². The Labute approximate surface area is 149 Å². The normalized spacial score (nSPS) is 16.4. The van der Waals surface area contributed by atoms with Crippen molar-refractivity contribution >= 4 is 33.8 Å². The van der Waals surface area contributed by atoms with E-state index < -0.39 is 33.8 Å². The first-order valence-corrected chi connectivity index (χ1v) is 21.1. The van der Waals surface area contributed by atoms with Crippen LogP contribution in [0.1, 0.15) is 19.8 Å². The van der Waals surface area contributed by atoms with Crippen molar-refractivity contribution in [3.8, 4) is 0 Å². The molecule has 0 aromatic carbocycles. The van der Waals surface area contributed by atoms with Crippen molar-refractivity contribution in [1.82, 2.24) is 5.32 Å². The Morgan fingerprint density at radius 1 is 0.696 bits per heavy atom. The quantitative estimate of drug-likeness (QED) is 0.378. The van der Waals surface area contributed by atoms with Crippen molar-refractivity contribution in [1.29, 1.82) is 0 Å². The summed E-state index contributed by atoms with van der Waals surface area (Å²) in [4.78, 5) is 0. The van der Waals surface area contributed by atoms with E-state index in [9.17, 15) is 0 Å². The lowest BCUT2D eigenvalue weighted by Gasteiger charge is -2.41. The minimum atomic E-state index is -2.20. The smallest absolute Gasteiger partial charge is 0.315 e. The van der Waals surface area contributed by atoms with Gasteiger partial charge >= 0.3 is 17.1 Å². The molecule has 4 nitrogen and oxygen atoms in total. The van der Waals surface area contributed by atoms with Gasteiger partial charge in [0.1, 0.15) is 0 Å². The molecule has 0 radical (unpaired) electrons. The van der Waals surface area contributed by atoms with E-state index in [1.807, 2.05) is 0 Å². The molecule has 0 fully saturated rings. The number of nitrogens with one attached hydrogen (secondary N) is 1. The highest BCUT2D eigenvalue weighted by atomic mass is 28.5. The predicted molar refractivity (Wildman–Crippen MR) is 112 cm³/mol. The van der Waals surface area contributed by atoms with Crippen LogP contribution in [0.25, 0.3) is 0 Å². The first kappa shape index (κ1) is 23.7. The molecule has 0 heterocycles. The van der Waals surface area contributed by atoms with Crippen LogP contribution in [0.4, 0.5) is 0 Å². The second-order valence-electron chi connectivity index (χ2n) is 8.92. The Morgan fingerprint density at radius 3 is 1.65 bits per heavy atom. The third kappa shape index (κ3) is 13.7. The molecule has 0 saturated heterocycles. The summed E-state index contributed by atoms with van der Waals surface area (Å²) in [6.07, 6.45) is 2.30. The zero-order valence-electron chi connectivity index (χ0n) is 17.3. The van der Waals surface area contributed by atoms with Gasteiger partial charge in [-0.3, -0.25) is 0 Å². The molecular formula is C15H41NO3Si4. The van der Waals surface area contributed by atoms with Gasteiger partial charge in [-0.15, -0.1) is 0 Å². The van der Waals surface area contributed by atoms with Gasteiger partial charge in [-0.2, -0.15) is 0 Å². The molecule has 8 heteroatoms. The van der Waals surface area contributed by atoms with E-state index in [0.717, 1.165) is 25.6 Å². The van der Waals surface area contributed by atoms with E-state index >= 15 is 0 Å². The molecule has 1 atom stereocenters. The summed E-state index contributed by atoms with van der Waals surface area (Å²) in [6, 6.07) is 1.04. The summed E-state index contributed by atoms with van der Waals surface area (Å²) >= 11 is 0. The highest BCUT2D eigenvalue weighted by molar-refractivity contribution is 6.89. The lowest BCUT2D eigenvalue weighted by molar-refractivity contribution is 0.322. The highest BCUT2D eigenvalue weighted by Crippen LogP contribution is 2.27. The Balaban J connectivity index is 4.84. The average Bonchev–Trinajstić information content (AvgIpc) is 2.20. The fourth-order valence-electron chi connectivity index (χ4n) is 2.89. The number of rotatable bonds is 12. The highest BCUT2D eigenvalue weighted by Gasteiger charge is 2.43. The van der Waals surface area contributed by atoms with Gasteiger partial charge in [0, 0.05) is 0 Å². The molecule has 140 valence electrons. The van der Waals surface area contributed by atoms with Gasteiger partial charge in [-0.25, -0.2) is 0 Å². The molecule has 0 aromatic rings. The summed E-state index contributed by atoms with van der Waals surface area (Å²) < 4.78 is 19.6. The molecule has 1 unspecified atom stereocenters. The van der Waals surface area contributed by atoms with Crippen LogP contribution in [0, 0.1) is 0 Å². The van der Waals surface area contributed by atoms with Gasteiger partial charge in [0.2, 0.25) is 0 Å². The summed E-state index contributed by atoms with van der Waals surface area (Å²) in [5.41, 5.74) is 0. The summed E-state index contributed by atoms with van der Waals surface area (Å²) in [5, 5.41) is 3.48. The van der Waals surface area contributed by atoms with Gasteiger partial charge in [0.15, 0.2) is 16.6 Å². The topological polar surface area (TPSA) is 39.7 Å². The molecule has 0 aliphatic heterocycles. The molecule has 0 spiro atoms. The fourth-order valence-corrected chi connectivity index (χ4v) is 20.8. The lowest BCUT2D eigenvalue weighted by Crippen LogP contribution is -2.56. The second kappa shape index (κ2) is 9.42. The Hall–Kier alpha value is 0.708. The molecule has 23 heavy (non-hydrogen) atoms. The summed E-state index contributed by atoms with van der Waals surface area (Å²) in [7, 11) is -7.58. The van der Waals surface area contributed by atoms with Crippen molar-refractivity contribution in [3.63, 3.8) is 0 Å². The van der Waals surface area contributed by atoms with E-state index in [4.69, 9.17) is 12.3 Å². The summed E-state index contributed by atoms with van der Waals surface area (Å²) in [6.45, 7) is 24.4. The van der Waals surface area contributed by atoms with Crippen molar-refractivity contribution in [2.75, 3.05) is 13.1 Å². The number of hydrogen-bond acceptors (Lipinski definition) is 4. The minimum absolute atomic E-state index is 1.04. The Morgan fingerprint density at radius 2 is 1.22 bits per heavy atom. The molecule has 1 N–H and O–H groups in total. The predicted octanol–water partition coefficient (Wildman–Crippen LogP) is 4.87. The van der Waals surface area contributed by atoms with Gasteiger partial charge in [-0.05, 0) is 90.9 Å². The molecule has 0 amide bonds. The van der Waals surface area contributed by atoms with E-state index in [0.29, 0.717) is 0 Å². The molecule has 0 saturated carbocycles. The van der Waals surface area contributed by atoms with Gasteiger partial charge in [0.25, 0.3) is 0 Å². The van der Waals surface area contributed by atoms with Crippen molar-refractivity contribution < 1.29 is 12.3 Å². The maximum absolute atomic E-state index is 6.66. The SMILES string of the molecule is CCCNCCC[Si](C)(O[Si](C)(C)C)O[Si](C)(C)O[Si](C)(C)C. The zero-order valence-corrected chi connectivity index (χ0v) is 21.3. The Kier molecular flexibility index (Phi) is 9.71. The van der Waals surface area contributed by atoms with Crippen LogP contribution in [0.15, 0.2) is 0 Å².